The van der Waals surface area contributed by atoms with Crippen molar-refractivity contribution in [2.75, 3.05) is 5.32 Å². The highest BCUT2D eigenvalue weighted by molar-refractivity contribution is 7.19. The topological polar surface area (TPSA) is 87.7 Å². The molecular formula is C22H18N4O2S. The molecule has 7 heteroatoms. The number of hydrogen-bond donors (Lipinski definition) is 2. The van der Waals surface area contributed by atoms with E-state index in [9.17, 15) is 9.59 Å². The summed E-state index contributed by atoms with van der Waals surface area (Å²) in [6.45, 7) is 1.94. The third-order valence-corrected chi connectivity index (χ3v) is 5.25. The molecule has 0 aliphatic heterocycles. The van der Waals surface area contributed by atoms with Gasteiger partial charge in [0.2, 0.25) is 5.91 Å². The lowest BCUT2D eigenvalue weighted by molar-refractivity contribution is -0.111. The van der Waals surface area contributed by atoms with Crippen molar-refractivity contribution in [2.24, 2.45) is 0 Å². The Labute approximate surface area is 171 Å². The van der Waals surface area contributed by atoms with E-state index >= 15 is 0 Å². The van der Waals surface area contributed by atoms with Gasteiger partial charge in [-0.15, -0.1) is 11.3 Å². The predicted molar refractivity (Wildman–Crippen MR) is 117 cm³/mol. The number of thiazole rings is 1. The number of rotatable bonds is 5. The third-order valence-electron chi connectivity index (χ3n) is 4.25. The maximum absolute atomic E-state index is 12.3. The Morgan fingerprint density at radius 1 is 1.14 bits per heavy atom. The van der Waals surface area contributed by atoms with Gasteiger partial charge in [-0.2, -0.15) is 0 Å². The van der Waals surface area contributed by atoms with Gasteiger partial charge in [0.25, 0.3) is 5.56 Å². The lowest BCUT2D eigenvalue weighted by atomic mass is 10.1. The van der Waals surface area contributed by atoms with Gasteiger partial charge in [-0.05, 0) is 36.8 Å². The molecule has 1 amide bonds. The number of para-hydroxylation sites is 1. The molecule has 0 radical (unpaired) electrons. The fraction of sp³-hybridized carbons (Fsp3) is 0.0909. The van der Waals surface area contributed by atoms with Crippen LogP contribution in [0.15, 0.2) is 65.5 Å². The molecule has 2 aromatic heterocycles. The van der Waals surface area contributed by atoms with Gasteiger partial charge in [0.05, 0.1) is 10.2 Å². The van der Waals surface area contributed by atoms with Crippen LogP contribution in [-0.4, -0.2) is 20.9 Å². The Hall–Kier alpha value is -3.58. The molecule has 0 aliphatic carbocycles. The standard InChI is InChI=1S/C22H18N4O2S/c1-2-15-13-20(28)26-22(24-15)14-6-5-7-16(12-14)23-19(27)10-11-21-25-17-8-3-4-9-18(17)29-21/h3-13H,2H2,1H3,(H,23,27)(H,24,26,28). The van der Waals surface area contributed by atoms with Crippen molar-refractivity contribution in [2.45, 2.75) is 13.3 Å². The van der Waals surface area contributed by atoms with E-state index in [-0.39, 0.29) is 11.5 Å². The Bertz CT molecular complexity index is 1240. The minimum absolute atomic E-state index is 0.194. The quantitative estimate of drug-likeness (QED) is 0.488. The number of nitrogens with zero attached hydrogens (tertiary/aromatic N) is 2. The molecule has 0 unspecified atom stereocenters. The zero-order valence-corrected chi connectivity index (χ0v) is 16.5. The predicted octanol–water partition coefficient (Wildman–Crippen LogP) is 4.26. The average molecular weight is 402 g/mol. The Balaban J connectivity index is 1.51. The van der Waals surface area contributed by atoms with Crippen LogP contribution >= 0.6 is 11.3 Å². The number of amides is 1. The number of nitrogens with one attached hydrogen (secondary N) is 2. The first kappa shape index (κ1) is 18.8. The van der Waals surface area contributed by atoms with Gasteiger partial charge in [-0.25, -0.2) is 9.97 Å². The molecule has 0 fully saturated rings. The fourth-order valence-electron chi connectivity index (χ4n) is 2.86. The van der Waals surface area contributed by atoms with Crippen LogP contribution in [0.25, 0.3) is 27.7 Å². The monoisotopic (exact) mass is 402 g/mol. The summed E-state index contributed by atoms with van der Waals surface area (Å²) in [5.74, 6) is 0.223. The molecular weight excluding hydrogens is 384 g/mol. The van der Waals surface area contributed by atoms with E-state index in [1.54, 1.807) is 24.3 Å². The molecule has 0 spiro atoms. The highest BCUT2D eigenvalue weighted by Crippen LogP contribution is 2.23. The molecule has 4 rings (SSSR count). The second kappa shape index (κ2) is 8.20. The Morgan fingerprint density at radius 3 is 2.83 bits per heavy atom. The number of H-pyrrole nitrogens is 1. The second-order valence-corrected chi connectivity index (χ2v) is 7.42. The summed E-state index contributed by atoms with van der Waals surface area (Å²) in [5.41, 5.74) is 2.79. The van der Waals surface area contributed by atoms with E-state index in [0.717, 1.165) is 26.5 Å². The number of anilines is 1. The van der Waals surface area contributed by atoms with Crippen LogP contribution in [-0.2, 0) is 11.2 Å². The summed E-state index contributed by atoms with van der Waals surface area (Å²) in [5, 5.41) is 3.60. The van der Waals surface area contributed by atoms with Crippen LogP contribution in [0, 0.1) is 0 Å². The zero-order chi connectivity index (χ0) is 20.2. The van der Waals surface area contributed by atoms with E-state index in [1.807, 2.05) is 37.3 Å². The Kier molecular flexibility index (Phi) is 5.31. The van der Waals surface area contributed by atoms with Crippen molar-refractivity contribution < 1.29 is 4.79 Å². The summed E-state index contributed by atoms with van der Waals surface area (Å²) in [7, 11) is 0. The van der Waals surface area contributed by atoms with Crippen LogP contribution < -0.4 is 10.9 Å². The van der Waals surface area contributed by atoms with Crippen LogP contribution in [0.1, 0.15) is 17.6 Å². The molecule has 6 nitrogen and oxygen atoms in total. The van der Waals surface area contributed by atoms with Gasteiger partial charge >= 0.3 is 0 Å². The first-order valence-corrected chi connectivity index (χ1v) is 9.97. The van der Waals surface area contributed by atoms with E-state index in [0.29, 0.717) is 17.9 Å². The fourth-order valence-corrected chi connectivity index (χ4v) is 3.73. The van der Waals surface area contributed by atoms with E-state index in [4.69, 9.17) is 0 Å². The van der Waals surface area contributed by atoms with Crippen molar-refractivity contribution in [1.29, 1.82) is 0 Å². The van der Waals surface area contributed by atoms with E-state index in [2.05, 4.69) is 20.3 Å². The molecule has 29 heavy (non-hydrogen) atoms. The van der Waals surface area contributed by atoms with Gasteiger partial charge < -0.3 is 10.3 Å². The minimum Gasteiger partial charge on any atom is -0.322 e. The number of aromatic amines is 1. The molecule has 2 N–H and O–H groups in total. The van der Waals surface area contributed by atoms with Gasteiger partial charge in [0.1, 0.15) is 10.8 Å². The summed E-state index contributed by atoms with van der Waals surface area (Å²) >= 11 is 1.53. The first-order valence-electron chi connectivity index (χ1n) is 9.16. The second-order valence-electron chi connectivity index (χ2n) is 6.36. The van der Waals surface area contributed by atoms with Crippen LogP contribution in [0.3, 0.4) is 0 Å². The number of hydrogen-bond acceptors (Lipinski definition) is 5. The maximum Gasteiger partial charge on any atom is 0.251 e. The maximum atomic E-state index is 12.3. The summed E-state index contributed by atoms with van der Waals surface area (Å²) < 4.78 is 1.08. The number of aryl methyl sites for hydroxylation is 1. The highest BCUT2D eigenvalue weighted by Gasteiger charge is 2.06. The number of fused-ring (bicyclic) bond motifs is 1. The normalized spacial score (nSPS) is 11.2. The number of carbonyl (C=O) groups is 1. The van der Waals surface area contributed by atoms with Gasteiger partial charge in [0, 0.05) is 29.1 Å². The van der Waals surface area contributed by atoms with E-state index in [1.165, 1.54) is 23.5 Å². The molecule has 0 atom stereocenters. The molecule has 2 aromatic carbocycles. The van der Waals surface area contributed by atoms with Crippen LogP contribution in [0.4, 0.5) is 5.69 Å². The summed E-state index contributed by atoms with van der Waals surface area (Å²) in [4.78, 5) is 35.8. The first-order chi connectivity index (χ1) is 14.1. The molecule has 0 bridgehead atoms. The highest BCUT2D eigenvalue weighted by atomic mass is 32.1. The van der Waals surface area contributed by atoms with Crippen LogP contribution in [0.5, 0.6) is 0 Å². The van der Waals surface area contributed by atoms with Gasteiger partial charge in [-0.3, -0.25) is 9.59 Å². The largest absolute Gasteiger partial charge is 0.322 e. The summed E-state index contributed by atoms with van der Waals surface area (Å²) in [6, 6.07) is 16.5. The van der Waals surface area contributed by atoms with E-state index < -0.39 is 0 Å². The third kappa shape index (κ3) is 4.47. The number of aromatic nitrogens is 3. The van der Waals surface area contributed by atoms with Crippen molar-refractivity contribution in [1.82, 2.24) is 15.0 Å². The van der Waals surface area contributed by atoms with Gasteiger partial charge in [-0.1, -0.05) is 31.2 Å². The van der Waals surface area contributed by atoms with Crippen LogP contribution in [0.2, 0.25) is 0 Å². The number of benzene rings is 2. The average Bonchev–Trinajstić information content (AvgIpc) is 3.15. The minimum atomic E-state index is -0.259. The van der Waals surface area contributed by atoms with Crippen molar-refractivity contribution in [3.05, 3.63) is 81.7 Å². The molecule has 144 valence electrons. The Morgan fingerprint density at radius 2 is 2.00 bits per heavy atom. The van der Waals surface area contributed by atoms with Crippen molar-refractivity contribution in [3.63, 3.8) is 0 Å². The lowest BCUT2D eigenvalue weighted by Gasteiger charge is -2.06. The van der Waals surface area contributed by atoms with Crippen molar-refractivity contribution in [3.8, 4) is 11.4 Å². The summed E-state index contributed by atoms with van der Waals surface area (Å²) in [6.07, 6.45) is 3.83. The SMILES string of the molecule is CCc1cc(=O)[nH]c(-c2cccc(NC(=O)C=Cc3nc4ccccc4s3)c2)n1. The molecule has 4 aromatic rings. The molecule has 0 aliphatic rings. The molecule has 0 saturated heterocycles. The zero-order valence-electron chi connectivity index (χ0n) is 15.7. The number of carbonyl (C=O) groups excluding carboxylic acids is 1. The van der Waals surface area contributed by atoms with Crippen molar-refractivity contribution >= 4 is 39.2 Å². The lowest BCUT2D eigenvalue weighted by Crippen LogP contribution is -2.10. The molecule has 0 saturated carbocycles. The van der Waals surface area contributed by atoms with Gasteiger partial charge in [0.15, 0.2) is 0 Å². The smallest absolute Gasteiger partial charge is 0.251 e. The molecule has 2 heterocycles.